The zero-order chi connectivity index (χ0) is 22.2. The van der Waals surface area contributed by atoms with Crippen LogP contribution in [0, 0.1) is 0 Å². The Morgan fingerprint density at radius 2 is 1.75 bits per heavy atom. The van der Waals surface area contributed by atoms with Crippen molar-refractivity contribution in [1.29, 1.82) is 0 Å². The van der Waals surface area contributed by atoms with Gasteiger partial charge in [0.05, 0.1) is 19.8 Å². The summed E-state index contributed by atoms with van der Waals surface area (Å²) in [6, 6.07) is 10.9. The van der Waals surface area contributed by atoms with E-state index < -0.39 is 0 Å². The Hall–Kier alpha value is -0.940. The van der Waals surface area contributed by atoms with Crippen LogP contribution in [0.25, 0.3) is 0 Å². The Morgan fingerprint density at radius 1 is 1.06 bits per heavy atom. The summed E-state index contributed by atoms with van der Waals surface area (Å²) in [5.74, 6) is 0.794. The highest BCUT2D eigenvalue weighted by Crippen LogP contribution is 2.25. The maximum Gasteiger partial charge on any atom is 0.191 e. The van der Waals surface area contributed by atoms with Crippen LogP contribution >= 0.6 is 24.0 Å². The fraction of sp³-hybridized carbons (Fsp3) is 0.708. The van der Waals surface area contributed by atoms with Crippen LogP contribution in [0.4, 0.5) is 0 Å². The van der Waals surface area contributed by atoms with Crippen LogP contribution in [0.15, 0.2) is 35.3 Å². The van der Waals surface area contributed by atoms with Gasteiger partial charge in [0.25, 0.3) is 0 Å². The van der Waals surface area contributed by atoms with E-state index in [2.05, 4.69) is 65.1 Å². The van der Waals surface area contributed by atoms with Crippen LogP contribution in [-0.2, 0) is 14.2 Å². The molecule has 0 saturated carbocycles. The van der Waals surface area contributed by atoms with Gasteiger partial charge in [0.2, 0.25) is 0 Å². The number of hydrogen-bond acceptors (Lipinski definition) is 5. The smallest absolute Gasteiger partial charge is 0.191 e. The first-order chi connectivity index (χ1) is 15.2. The Balaban J connectivity index is 0.00000512. The molecule has 0 amide bonds. The van der Waals surface area contributed by atoms with Gasteiger partial charge in [-0.05, 0) is 31.7 Å². The van der Waals surface area contributed by atoms with E-state index in [1.54, 1.807) is 7.05 Å². The molecule has 1 aliphatic heterocycles. The molecule has 1 aromatic rings. The van der Waals surface area contributed by atoms with Crippen LogP contribution in [0.5, 0.6) is 0 Å². The molecule has 2 rings (SSSR count). The van der Waals surface area contributed by atoms with Crippen molar-refractivity contribution < 1.29 is 14.2 Å². The van der Waals surface area contributed by atoms with Gasteiger partial charge in [-0.3, -0.25) is 4.99 Å². The van der Waals surface area contributed by atoms with Crippen molar-refractivity contribution in [3.05, 3.63) is 35.9 Å². The molecule has 7 nitrogen and oxygen atoms in total. The minimum Gasteiger partial charge on any atom is -0.381 e. The number of nitrogens with zero attached hydrogens (tertiary/aromatic N) is 1. The molecule has 1 aromatic carbocycles. The van der Waals surface area contributed by atoms with Gasteiger partial charge >= 0.3 is 0 Å². The molecule has 1 atom stereocenters. The topological polar surface area (TPSA) is 76.1 Å². The third-order valence-electron chi connectivity index (χ3n) is 5.64. The van der Waals surface area contributed by atoms with Crippen molar-refractivity contribution >= 4 is 29.9 Å². The second-order valence-electron chi connectivity index (χ2n) is 8.10. The number of rotatable bonds is 14. The first-order valence-electron chi connectivity index (χ1n) is 11.7. The molecule has 0 bridgehead atoms. The van der Waals surface area contributed by atoms with E-state index in [4.69, 9.17) is 14.2 Å². The fourth-order valence-corrected chi connectivity index (χ4v) is 3.70. The molecule has 184 valence electrons. The van der Waals surface area contributed by atoms with Crippen LogP contribution < -0.4 is 16.0 Å². The molecule has 0 spiro atoms. The molecular weight excluding hydrogens is 519 g/mol. The fourth-order valence-electron chi connectivity index (χ4n) is 3.70. The highest BCUT2D eigenvalue weighted by molar-refractivity contribution is 14.0. The molecule has 1 saturated heterocycles. The van der Waals surface area contributed by atoms with Gasteiger partial charge in [-0.1, -0.05) is 43.7 Å². The van der Waals surface area contributed by atoms with E-state index in [9.17, 15) is 0 Å². The Kier molecular flexibility index (Phi) is 15.9. The summed E-state index contributed by atoms with van der Waals surface area (Å²) in [4.78, 5) is 4.36. The van der Waals surface area contributed by atoms with Crippen LogP contribution in [0.2, 0.25) is 0 Å². The number of ether oxygens (including phenoxy) is 3. The average Bonchev–Trinajstić information content (AvgIpc) is 2.81. The Labute approximate surface area is 211 Å². The summed E-state index contributed by atoms with van der Waals surface area (Å²) < 4.78 is 16.8. The lowest BCUT2D eigenvalue weighted by atomic mass is 9.88. The van der Waals surface area contributed by atoms with Gasteiger partial charge in [0, 0.05) is 51.5 Å². The number of halogens is 1. The highest BCUT2D eigenvalue weighted by Gasteiger charge is 2.34. The normalized spacial score (nSPS) is 16.8. The number of unbranched alkanes of at least 4 members (excludes halogenated alkanes) is 1. The van der Waals surface area contributed by atoms with Crippen LogP contribution in [0.1, 0.15) is 51.1 Å². The Morgan fingerprint density at radius 3 is 2.41 bits per heavy atom. The van der Waals surface area contributed by atoms with Gasteiger partial charge < -0.3 is 30.2 Å². The number of benzene rings is 1. The first-order valence-corrected chi connectivity index (χ1v) is 11.7. The zero-order valence-corrected chi connectivity index (χ0v) is 22.4. The quantitative estimate of drug-likeness (QED) is 0.140. The maximum absolute atomic E-state index is 5.64. The third-order valence-corrected chi connectivity index (χ3v) is 5.64. The molecule has 32 heavy (non-hydrogen) atoms. The summed E-state index contributed by atoms with van der Waals surface area (Å²) in [5, 5.41) is 10.7. The molecule has 1 aliphatic rings. The average molecular weight is 563 g/mol. The van der Waals surface area contributed by atoms with Gasteiger partial charge in [-0.15, -0.1) is 24.0 Å². The lowest BCUT2D eigenvalue weighted by Gasteiger charge is -2.41. The van der Waals surface area contributed by atoms with E-state index in [0.29, 0.717) is 26.4 Å². The number of nitrogens with one attached hydrogen (secondary N) is 3. The van der Waals surface area contributed by atoms with Crippen molar-refractivity contribution in [3.8, 4) is 0 Å². The molecule has 1 unspecified atom stereocenters. The van der Waals surface area contributed by atoms with Gasteiger partial charge in [-0.25, -0.2) is 0 Å². The highest BCUT2D eigenvalue weighted by atomic mass is 127. The monoisotopic (exact) mass is 562 g/mol. The van der Waals surface area contributed by atoms with Crippen molar-refractivity contribution in [1.82, 2.24) is 16.0 Å². The predicted octanol–water partition coefficient (Wildman–Crippen LogP) is 3.50. The van der Waals surface area contributed by atoms with E-state index in [1.807, 2.05) is 0 Å². The van der Waals surface area contributed by atoms with Crippen LogP contribution in [0.3, 0.4) is 0 Å². The molecule has 8 heteroatoms. The minimum atomic E-state index is -0.0303. The standard InChI is InChI=1S/C24H42N4O3.HI/c1-4-5-14-29-18-19-31-17-13-26-23(25-3)27-20-24(11-15-30-16-12-24)28-21(2)22-9-7-6-8-10-22;/h6-10,21,28H,4-5,11-20H2,1-3H3,(H2,25,26,27);1H. The second-order valence-corrected chi connectivity index (χ2v) is 8.10. The Bertz CT molecular complexity index is 613. The van der Waals surface area contributed by atoms with E-state index in [1.165, 1.54) is 5.56 Å². The predicted molar refractivity (Wildman–Crippen MR) is 142 cm³/mol. The van der Waals surface area contributed by atoms with Crippen molar-refractivity contribution in [3.63, 3.8) is 0 Å². The van der Waals surface area contributed by atoms with Crippen LogP contribution in [-0.4, -0.2) is 71.3 Å². The maximum atomic E-state index is 5.64. The minimum absolute atomic E-state index is 0. The molecular formula is C24H43IN4O3. The van der Waals surface area contributed by atoms with E-state index in [0.717, 1.165) is 58.0 Å². The number of aliphatic imine (C=N–C) groups is 1. The lowest BCUT2D eigenvalue weighted by Crippen LogP contribution is -2.58. The SMILES string of the molecule is CCCCOCCOCCNC(=NC)NCC1(NC(C)c2ccccc2)CCOCC1.I. The molecule has 3 N–H and O–H groups in total. The lowest BCUT2D eigenvalue weighted by molar-refractivity contribution is 0.0354. The van der Waals surface area contributed by atoms with Gasteiger partial charge in [0.1, 0.15) is 0 Å². The molecule has 0 aliphatic carbocycles. The molecule has 1 fully saturated rings. The van der Waals surface area contributed by atoms with E-state index in [-0.39, 0.29) is 35.6 Å². The third kappa shape index (κ3) is 11.3. The van der Waals surface area contributed by atoms with Crippen molar-refractivity contribution in [2.24, 2.45) is 4.99 Å². The molecule has 1 heterocycles. The zero-order valence-electron chi connectivity index (χ0n) is 20.0. The van der Waals surface area contributed by atoms with E-state index >= 15 is 0 Å². The van der Waals surface area contributed by atoms with Gasteiger partial charge in [0.15, 0.2) is 5.96 Å². The summed E-state index contributed by atoms with van der Waals surface area (Å²) in [6.45, 7) is 10.2. The number of hydrogen-bond donors (Lipinski definition) is 3. The summed E-state index contributed by atoms with van der Waals surface area (Å²) >= 11 is 0. The summed E-state index contributed by atoms with van der Waals surface area (Å²) in [7, 11) is 1.80. The summed E-state index contributed by atoms with van der Waals surface area (Å²) in [6.07, 6.45) is 4.20. The van der Waals surface area contributed by atoms with Crippen molar-refractivity contribution in [2.75, 3.05) is 59.8 Å². The molecule has 0 radical (unpaired) electrons. The first kappa shape index (κ1) is 29.1. The van der Waals surface area contributed by atoms with Gasteiger partial charge in [-0.2, -0.15) is 0 Å². The molecule has 0 aromatic heterocycles. The number of guanidine groups is 1. The second kappa shape index (κ2) is 17.5. The van der Waals surface area contributed by atoms with Crippen molar-refractivity contribution in [2.45, 2.75) is 51.1 Å². The largest absolute Gasteiger partial charge is 0.381 e. The summed E-state index contributed by atoms with van der Waals surface area (Å²) in [5.41, 5.74) is 1.27.